The topological polar surface area (TPSA) is 35.5 Å². The molecule has 3 nitrogen and oxygen atoms in total. The third-order valence-corrected chi connectivity index (χ3v) is 3.17. The highest BCUT2D eigenvalue weighted by atomic mass is 16.5. The third-order valence-electron chi connectivity index (χ3n) is 3.17. The van der Waals surface area contributed by atoms with E-state index in [1.807, 2.05) is 36.4 Å². The van der Waals surface area contributed by atoms with Gasteiger partial charge in [0.25, 0.3) is 0 Å². The maximum Gasteiger partial charge on any atom is 0.333 e. The van der Waals surface area contributed by atoms with Crippen LogP contribution in [0.3, 0.4) is 0 Å². The summed E-state index contributed by atoms with van der Waals surface area (Å²) in [4.78, 5) is 11.5. The average molecular weight is 246 g/mol. The van der Waals surface area contributed by atoms with Crippen molar-refractivity contribution in [2.45, 2.75) is 19.4 Å². The first kappa shape index (κ1) is 12.8. The van der Waals surface area contributed by atoms with Crippen LogP contribution in [0.25, 0.3) is 0 Å². The molecule has 96 valence electrons. The first-order valence-electron chi connectivity index (χ1n) is 6.21. The van der Waals surface area contributed by atoms with Crippen molar-refractivity contribution in [1.82, 2.24) is 0 Å². The molecule has 1 aliphatic carbocycles. The number of hydrogen-bond acceptors (Lipinski definition) is 3. The Morgan fingerprint density at radius 1 is 1.33 bits per heavy atom. The Bertz CT molecular complexity index is 423. The Morgan fingerprint density at radius 3 is 2.83 bits per heavy atom. The van der Waals surface area contributed by atoms with E-state index in [9.17, 15) is 4.79 Å². The molecule has 0 saturated heterocycles. The molecule has 0 radical (unpaired) electrons. The molecule has 0 fully saturated rings. The Labute approximate surface area is 107 Å². The van der Waals surface area contributed by atoms with Crippen molar-refractivity contribution in [1.29, 1.82) is 0 Å². The SMILES string of the molecule is COC(=O)C1=CCCC1COCc1ccccc1. The maximum atomic E-state index is 11.5. The maximum absolute atomic E-state index is 11.5. The molecule has 3 heteroatoms. The number of hydrogen-bond donors (Lipinski definition) is 0. The number of carbonyl (C=O) groups is 1. The zero-order chi connectivity index (χ0) is 12.8. The van der Waals surface area contributed by atoms with Crippen LogP contribution >= 0.6 is 0 Å². The van der Waals surface area contributed by atoms with E-state index in [-0.39, 0.29) is 11.9 Å². The third kappa shape index (κ3) is 3.20. The number of benzene rings is 1. The van der Waals surface area contributed by atoms with Gasteiger partial charge in [0, 0.05) is 11.5 Å². The van der Waals surface area contributed by atoms with Gasteiger partial charge in [-0.1, -0.05) is 36.4 Å². The summed E-state index contributed by atoms with van der Waals surface area (Å²) < 4.78 is 10.4. The van der Waals surface area contributed by atoms with Gasteiger partial charge in [0.15, 0.2) is 0 Å². The highest BCUT2D eigenvalue weighted by molar-refractivity contribution is 5.89. The molecular formula is C15H18O3. The molecule has 1 aliphatic rings. The molecule has 1 aromatic rings. The second-order valence-electron chi connectivity index (χ2n) is 4.43. The summed E-state index contributed by atoms with van der Waals surface area (Å²) in [6.07, 6.45) is 3.87. The molecule has 0 spiro atoms. The first-order chi connectivity index (χ1) is 8.81. The van der Waals surface area contributed by atoms with Gasteiger partial charge in [-0.3, -0.25) is 0 Å². The Balaban J connectivity index is 1.80. The van der Waals surface area contributed by atoms with Crippen LogP contribution in [0.4, 0.5) is 0 Å². The Hall–Kier alpha value is -1.61. The minimum absolute atomic E-state index is 0.182. The van der Waals surface area contributed by atoms with E-state index in [1.54, 1.807) is 0 Å². The van der Waals surface area contributed by atoms with Crippen LogP contribution in [-0.2, 0) is 20.9 Å². The van der Waals surface area contributed by atoms with Gasteiger partial charge in [0.05, 0.1) is 20.3 Å². The van der Waals surface area contributed by atoms with Gasteiger partial charge in [-0.25, -0.2) is 4.79 Å². The molecule has 0 saturated carbocycles. The van der Waals surface area contributed by atoms with E-state index in [4.69, 9.17) is 9.47 Å². The zero-order valence-corrected chi connectivity index (χ0v) is 10.6. The van der Waals surface area contributed by atoms with Crippen LogP contribution in [-0.4, -0.2) is 19.7 Å². The highest BCUT2D eigenvalue weighted by Crippen LogP contribution is 2.27. The van der Waals surface area contributed by atoms with Crippen LogP contribution in [0.2, 0.25) is 0 Å². The summed E-state index contributed by atoms with van der Waals surface area (Å²) in [5, 5.41) is 0. The van der Waals surface area contributed by atoms with E-state index in [0.29, 0.717) is 13.2 Å². The molecule has 18 heavy (non-hydrogen) atoms. The fourth-order valence-corrected chi connectivity index (χ4v) is 2.20. The van der Waals surface area contributed by atoms with E-state index < -0.39 is 0 Å². The monoisotopic (exact) mass is 246 g/mol. The summed E-state index contributed by atoms with van der Waals surface area (Å²) in [5.41, 5.74) is 1.92. The van der Waals surface area contributed by atoms with Crippen molar-refractivity contribution in [3.05, 3.63) is 47.5 Å². The number of carbonyl (C=O) groups excluding carboxylic acids is 1. The van der Waals surface area contributed by atoms with Crippen molar-refractivity contribution < 1.29 is 14.3 Å². The number of esters is 1. The predicted molar refractivity (Wildman–Crippen MR) is 68.9 cm³/mol. The molecule has 1 unspecified atom stereocenters. The molecule has 0 aliphatic heterocycles. The summed E-state index contributed by atoms with van der Waals surface area (Å²) in [7, 11) is 1.42. The smallest absolute Gasteiger partial charge is 0.333 e. The summed E-state index contributed by atoms with van der Waals surface area (Å²) in [5.74, 6) is -0.0398. The second kappa shape index (κ2) is 6.36. The quantitative estimate of drug-likeness (QED) is 0.749. The molecular weight excluding hydrogens is 228 g/mol. The summed E-state index contributed by atoms with van der Waals surface area (Å²) in [6.45, 7) is 1.17. The van der Waals surface area contributed by atoms with Gasteiger partial charge >= 0.3 is 5.97 Å². The molecule has 0 aromatic heterocycles. The molecule has 0 heterocycles. The molecule has 1 atom stereocenters. The zero-order valence-electron chi connectivity index (χ0n) is 10.6. The van der Waals surface area contributed by atoms with E-state index in [1.165, 1.54) is 7.11 Å². The van der Waals surface area contributed by atoms with Crippen molar-refractivity contribution in [2.24, 2.45) is 5.92 Å². The molecule has 0 amide bonds. The van der Waals surface area contributed by atoms with Gasteiger partial charge in [0.1, 0.15) is 0 Å². The second-order valence-corrected chi connectivity index (χ2v) is 4.43. The molecule has 1 aromatic carbocycles. The fourth-order valence-electron chi connectivity index (χ4n) is 2.20. The highest BCUT2D eigenvalue weighted by Gasteiger charge is 2.25. The largest absolute Gasteiger partial charge is 0.466 e. The van der Waals surface area contributed by atoms with E-state index in [2.05, 4.69) is 0 Å². The lowest BCUT2D eigenvalue weighted by Crippen LogP contribution is -2.16. The number of methoxy groups -OCH3 is 1. The Kier molecular flexibility index (Phi) is 4.53. The van der Waals surface area contributed by atoms with Crippen molar-refractivity contribution >= 4 is 5.97 Å². The van der Waals surface area contributed by atoms with Crippen molar-refractivity contribution in [2.75, 3.05) is 13.7 Å². The van der Waals surface area contributed by atoms with Crippen LogP contribution < -0.4 is 0 Å². The molecule has 0 N–H and O–H groups in total. The van der Waals surface area contributed by atoms with E-state index >= 15 is 0 Å². The van der Waals surface area contributed by atoms with Crippen molar-refractivity contribution in [3.8, 4) is 0 Å². The fraction of sp³-hybridized carbons (Fsp3) is 0.400. The number of allylic oxidation sites excluding steroid dienone is 1. The normalized spacial score (nSPS) is 18.5. The molecule has 2 rings (SSSR count). The molecule has 0 bridgehead atoms. The lowest BCUT2D eigenvalue weighted by atomic mass is 10.0. The van der Waals surface area contributed by atoms with Crippen LogP contribution in [0, 0.1) is 5.92 Å². The van der Waals surface area contributed by atoms with Gasteiger partial charge in [0.2, 0.25) is 0 Å². The van der Waals surface area contributed by atoms with Gasteiger partial charge in [-0.15, -0.1) is 0 Å². The lowest BCUT2D eigenvalue weighted by Gasteiger charge is -2.13. The number of ether oxygens (including phenoxy) is 2. The summed E-state index contributed by atoms with van der Waals surface area (Å²) >= 11 is 0. The van der Waals surface area contributed by atoms with Gasteiger partial charge < -0.3 is 9.47 Å². The first-order valence-corrected chi connectivity index (χ1v) is 6.21. The standard InChI is InChI=1S/C15H18O3/c1-17-15(16)14-9-5-8-13(14)11-18-10-12-6-3-2-4-7-12/h2-4,6-7,9,13H,5,8,10-11H2,1H3. The predicted octanol–water partition coefficient (Wildman–Crippen LogP) is 2.71. The number of rotatable bonds is 5. The van der Waals surface area contributed by atoms with Gasteiger partial charge in [-0.05, 0) is 18.4 Å². The lowest BCUT2D eigenvalue weighted by molar-refractivity contribution is -0.136. The van der Waals surface area contributed by atoms with Crippen LogP contribution in [0.15, 0.2) is 42.0 Å². The summed E-state index contributed by atoms with van der Waals surface area (Å²) in [6, 6.07) is 10.0. The Morgan fingerprint density at radius 2 is 2.11 bits per heavy atom. The minimum atomic E-state index is -0.221. The minimum Gasteiger partial charge on any atom is -0.466 e. The van der Waals surface area contributed by atoms with Gasteiger partial charge in [-0.2, -0.15) is 0 Å². The van der Waals surface area contributed by atoms with Crippen molar-refractivity contribution in [3.63, 3.8) is 0 Å². The average Bonchev–Trinajstić information content (AvgIpc) is 2.87. The van der Waals surface area contributed by atoms with Crippen LogP contribution in [0.5, 0.6) is 0 Å². The van der Waals surface area contributed by atoms with Crippen LogP contribution in [0.1, 0.15) is 18.4 Å². The van der Waals surface area contributed by atoms with E-state index in [0.717, 1.165) is 24.0 Å².